The van der Waals surface area contributed by atoms with Crippen molar-refractivity contribution in [3.05, 3.63) is 42.5 Å². The summed E-state index contributed by atoms with van der Waals surface area (Å²) in [6, 6.07) is 10.8. The molecule has 9 nitrogen and oxygen atoms in total. The standard InChI is InChI=1S/C22H30N4O5S2/c1-4-22(27)23-19-16-17(33(30,31)25(2)3)12-13-21(19)32(28,29)24-18-10-6-7-11-20(18)26-14-8-5-9-15-26/h6-7,10-13,16,24H,4-5,8-9,14-15H2,1-3H3,(H,23,27). The number of carbonyl (C=O) groups is 1. The molecule has 0 aliphatic carbocycles. The molecule has 2 aromatic rings. The van der Waals surface area contributed by atoms with E-state index in [9.17, 15) is 21.6 Å². The molecule has 2 N–H and O–H groups in total. The third-order valence-corrected chi connectivity index (χ3v) is 8.69. The molecule has 0 aromatic heterocycles. The second-order valence-corrected chi connectivity index (χ2v) is 11.8. The number of piperidine rings is 1. The van der Waals surface area contributed by atoms with Crippen molar-refractivity contribution in [2.45, 2.75) is 42.4 Å². The van der Waals surface area contributed by atoms with Crippen LogP contribution < -0.4 is 14.9 Å². The predicted octanol–water partition coefficient (Wildman–Crippen LogP) is 3.08. The van der Waals surface area contributed by atoms with Gasteiger partial charge in [0.15, 0.2) is 0 Å². The average molecular weight is 495 g/mol. The predicted molar refractivity (Wildman–Crippen MR) is 130 cm³/mol. The van der Waals surface area contributed by atoms with E-state index in [4.69, 9.17) is 0 Å². The van der Waals surface area contributed by atoms with Gasteiger partial charge in [-0.25, -0.2) is 21.1 Å². The average Bonchev–Trinajstić information content (AvgIpc) is 2.79. The molecule has 0 saturated carbocycles. The Morgan fingerprint density at radius 1 is 0.970 bits per heavy atom. The summed E-state index contributed by atoms with van der Waals surface area (Å²) in [5.74, 6) is -0.431. The molecule has 1 amide bonds. The summed E-state index contributed by atoms with van der Waals surface area (Å²) >= 11 is 0. The Labute approximate surface area is 195 Å². The number of para-hydroxylation sites is 2. The third kappa shape index (κ3) is 5.66. The number of nitrogens with one attached hydrogen (secondary N) is 2. The van der Waals surface area contributed by atoms with E-state index in [-0.39, 0.29) is 21.9 Å². The van der Waals surface area contributed by atoms with Crippen LogP contribution in [0.15, 0.2) is 52.3 Å². The molecule has 3 rings (SSSR count). The normalized spacial score (nSPS) is 14.8. The van der Waals surface area contributed by atoms with E-state index >= 15 is 0 Å². The molecule has 2 aromatic carbocycles. The van der Waals surface area contributed by atoms with Gasteiger partial charge < -0.3 is 10.2 Å². The van der Waals surface area contributed by atoms with Gasteiger partial charge in [-0.3, -0.25) is 9.52 Å². The van der Waals surface area contributed by atoms with Crippen LogP contribution in [0, 0.1) is 0 Å². The van der Waals surface area contributed by atoms with E-state index in [1.165, 1.54) is 32.3 Å². The van der Waals surface area contributed by atoms with Crippen LogP contribution in [0.1, 0.15) is 32.6 Å². The van der Waals surface area contributed by atoms with E-state index < -0.39 is 26.0 Å². The van der Waals surface area contributed by atoms with Gasteiger partial charge in [-0.05, 0) is 49.6 Å². The summed E-state index contributed by atoms with van der Waals surface area (Å²) in [5, 5.41) is 2.53. The summed E-state index contributed by atoms with van der Waals surface area (Å²) < 4.78 is 55.5. The van der Waals surface area contributed by atoms with Crippen LogP contribution in [-0.4, -0.2) is 54.2 Å². The molecule has 0 atom stereocenters. The van der Waals surface area contributed by atoms with Crippen molar-refractivity contribution in [3.63, 3.8) is 0 Å². The molecule has 1 aliphatic rings. The molecule has 1 aliphatic heterocycles. The first-order chi connectivity index (χ1) is 15.6. The first-order valence-corrected chi connectivity index (χ1v) is 13.7. The van der Waals surface area contributed by atoms with Gasteiger partial charge in [-0.15, -0.1) is 0 Å². The monoisotopic (exact) mass is 494 g/mol. The van der Waals surface area contributed by atoms with E-state index in [0.29, 0.717) is 5.69 Å². The van der Waals surface area contributed by atoms with Gasteiger partial charge in [0.05, 0.1) is 22.0 Å². The molecule has 0 radical (unpaired) electrons. The van der Waals surface area contributed by atoms with Crippen molar-refractivity contribution in [3.8, 4) is 0 Å². The lowest BCUT2D eigenvalue weighted by atomic mass is 10.1. The molecule has 1 heterocycles. The molecule has 33 heavy (non-hydrogen) atoms. The van der Waals surface area contributed by atoms with Gasteiger partial charge in [0.2, 0.25) is 15.9 Å². The number of hydrogen-bond donors (Lipinski definition) is 2. The van der Waals surface area contributed by atoms with Crippen molar-refractivity contribution in [1.82, 2.24) is 4.31 Å². The Hall–Kier alpha value is -2.63. The second kappa shape index (κ2) is 10.1. The number of anilines is 3. The van der Waals surface area contributed by atoms with Gasteiger partial charge >= 0.3 is 0 Å². The quantitative estimate of drug-likeness (QED) is 0.583. The topological polar surface area (TPSA) is 116 Å². The van der Waals surface area contributed by atoms with E-state index in [1.807, 2.05) is 12.1 Å². The molecular weight excluding hydrogens is 464 g/mol. The van der Waals surface area contributed by atoms with Gasteiger partial charge in [0.25, 0.3) is 10.0 Å². The van der Waals surface area contributed by atoms with Crippen LogP contribution >= 0.6 is 0 Å². The molecule has 0 bridgehead atoms. The van der Waals surface area contributed by atoms with Crippen LogP contribution in [0.3, 0.4) is 0 Å². The second-order valence-electron chi connectivity index (χ2n) is 8.02. The van der Waals surface area contributed by atoms with Gasteiger partial charge in [0, 0.05) is 33.6 Å². The minimum Gasteiger partial charge on any atom is -0.370 e. The Kier molecular flexibility index (Phi) is 7.65. The first kappa shape index (κ1) is 25.0. The summed E-state index contributed by atoms with van der Waals surface area (Å²) in [5.41, 5.74) is 1.12. The van der Waals surface area contributed by atoms with Gasteiger partial charge in [-0.1, -0.05) is 19.1 Å². The maximum Gasteiger partial charge on any atom is 0.264 e. The minimum absolute atomic E-state index is 0.0901. The van der Waals surface area contributed by atoms with E-state index in [0.717, 1.165) is 42.3 Å². The number of hydrogen-bond acceptors (Lipinski definition) is 6. The highest BCUT2D eigenvalue weighted by Gasteiger charge is 2.26. The molecule has 1 fully saturated rings. The molecule has 180 valence electrons. The summed E-state index contributed by atoms with van der Waals surface area (Å²) in [6.07, 6.45) is 3.33. The summed E-state index contributed by atoms with van der Waals surface area (Å²) in [7, 11) is -5.21. The zero-order valence-electron chi connectivity index (χ0n) is 19.0. The first-order valence-electron chi connectivity index (χ1n) is 10.8. The fourth-order valence-electron chi connectivity index (χ4n) is 3.62. The molecule has 0 spiro atoms. The lowest BCUT2D eigenvalue weighted by Gasteiger charge is -2.30. The number of amides is 1. The number of benzene rings is 2. The number of sulfonamides is 2. The summed E-state index contributed by atoms with van der Waals surface area (Å²) in [4.78, 5) is 13.9. The number of carbonyl (C=O) groups excluding carboxylic acids is 1. The van der Waals surface area contributed by atoms with Crippen LogP contribution in [0.25, 0.3) is 0 Å². The lowest BCUT2D eigenvalue weighted by molar-refractivity contribution is -0.115. The van der Waals surface area contributed by atoms with Crippen molar-refractivity contribution in [2.75, 3.05) is 42.1 Å². The zero-order chi connectivity index (χ0) is 24.2. The molecule has 1 saturated heterocycles. The Balaban J connectivity index is 2.03. The zero-order valence-corrected chi connectivity index (χ0v) is 20.7. The molecule has 11 heteroatoms. The fourth-order valence-corrected chi connectivity index (χ4v) is 5.77. The Bertz CT molecular complexity index is 1220. The largest absolute Gasteiger partial charge is 0.370 e. The smallest absolute Gasteiger partial charge is 0.264 e. The molecular formula is C22H30N4O5S2. The highest BCUT2D eigenvalue weighted by Crippen LogP contribution is 2.32. The van der Waals surface area contributed by atoms with Crippen molar-refractivity contribution < 1.29 is 21.6 Å². The molecule has 0 unspecified atom stereocenters. The van der Waals surface area contributed by atoms with Crippen LogP contribution in [0.5, 0.6) is 0 Å². The van der Waals surface area contributed by atoms with E-state index in [2.05, 4.69) is 14.9 Å². The van der Waals surface area contributed by atoms with Gasteiger partial charge in [-0.2, -0.15) is 0 Å². The Morgan fingerprint density at radius 2 is 1.64 bits per heavy atom. The van der Waals surface area contributed by atoms with Crippen molar-refractivity contribution >= 4 is 43.0 Å². The van der Waals surface area contributed by atoms with Crippen LogP contribution in [0.2, 0.25) is 0 Å². The Morgan fingerprint density at radius 3 is 2.27 bits per heavy atom. The fraction of sp³-hybridized carbons (Fsp3) is 0.409. The lowest BCUT2D eigenvalue weighted by Crippen LogP contribution is -2.30. The highest BCUT2D eigenvalue weighted by molar-refractivity contribution is 7.93. The number of rotatable bonds is 8. The maximum atomic E-state index is 13.4. The minimum atomic E-state index is -4.14. The third-order valence-electron chi connectivity index (χ3n) is 5.46. The van der Waals surface area contributed by atoms with Crippen LogP contribution in [0.4, 0.5) is 17.1 Å². The van der Waals surface area contributed by atoms with Gasteiger partial charge in [0.1, 0.15) is 4.90 Å². The number of nitrogens with zero attached hydrogens (tertiary/aromatic N) is 2. The SMILES string of the molecule is CCC(=O)Nc1cc(S(=O)(=O)N(C)C)ccc1S(=O)(=O)Nc1ccccc1N1CCCCC1. The summed E-state index contributed by atoms with van der Waals surface area (Å²) in [6.45, 7) is 3.30. The highest BCUT2D eigenvalue weighted by atomic mass is 32.2. The van der Waals surface area contributed by atoms with Crippen molar-refractivity contribution in [1.29, 1.82) is 0 Å². The van der Waals surface area contributed by atoms with Crippen molar-refractivity contribution in [2.24, 2.45) is 0 Å². The van der Waals surface area contributed by atoms with E-state index in [1.54, 1.807) is 19.1 Å². The van der Waals surface area contributed by atoms with Crippen LogP contribution in [-0.2, 0) is 24.8 Å². The maximum absolute atomic E-state index is 13.4.